The minimum absolute atomic E-state index is 0.837. The molecule has 268 valence electrons. The van der Waals surface area contributed by atoms with E-state index in [1.54, 1.807) is 0 Å². The van der Waals surface area contributed by atoms with Gasteiger partial charge in [0.05, 0.1) is 5.69 Å². The number of para-hydroxylation sites is 3. The van der Waals surface area contributed by atoms with Crippen LogP contribution in [-0.4, -0.2) is 0 Å². The van der Waals surface area contributed by atoms with E-state index in [4.69, 9.17) is 8.83 Å². The van der Waals surface area contributed by atoms with E-state index in [1.807, 2.05) is 12.1 Å². The Balaban J connectivity index is 1.13. The normalized spacial score (nSPS) is 11.5. The minimum Gasteiger partial charge on any atom is -0.456 e. The van der Waals surface area contributed by atoms with Gasteiger partial charge in [0.2, 0.25) is 0 Å². The Morgan fingerprint density at radius 1 is 0.281 bits per heavy atom. The molecule has 0 saturated carbocycles. The number of furan rings is 2. The van der Waals surface area contributed by atoms with Crippen LogP contribution in [0.2, 0.25) is 0 Å². The van der Waals surface area contributed by atoms with Gasteiger partial charge in [-0.15, -0.1) is 0 Å². The van der Waals surface area contributed by atoms with Crippen molar-refractivity contribution in [1.82, 2.24) is 0 Å². The summed E-state index contributed by atoms with van der Waals surface area (Å²) < 4.78 is 13.2. The molecule has 0 amide bonds. The Hall–Kier alpha value is -7.62. The Morgan fingerprint density at radius 3 is 1.53 bits per heavy atom. The highest BCUT2D eigenvalue weighted by Crippen LogP contribution is 2.46. The molecule has 2 aromatic heterocycles. The number of rotatable bonds is 7. The van der Waals surface area contributed by atoms with Crippen molar-refractivity contribution in [2.45, 2.75) is 0 Å². The monoisotopic (exact) mass is 729 g/mol. The van der Waals surface area contributed by atoms with Gasteiger partial charge >= 0.3 is 0 Å². The zero-order valence-corrected chi connectivity index (χ0v) is 31.0. The van der Waals surface area contributed by atoms with E-state index in [2.05, 4.69) is 205 Å². The van der Waals surface area contributed by atoms with Crippen molar-refractivity contribution in [2.24, 2.45) is 0 Å². The molecule has 11 aromatic rings. The highest BCUT2D eigenvalue weighted by atomic mass is 16.3. The van der Waals surface area contributed by atoms with Crippen molar-refractivity contribution < 1.29 is 8.83 Å². The second-order valence-corrected chi connectivity index (χ2v) is 14.5. The Bertz CT molecular complexity index is 3160. The largest absolute Gasteiger partial charge is 0.456 e. The molecule has 0 aliphatic rings. The molecule has 3 nitrogen and oxygen atoms in total. The molecular formula is C54H35NO2. The van der Waals surface area contributed by atoms with Crippen LogP contribution in [0.3, 0.4) is 0 Å². The number of hydrogen-bond acceptors (Lipinski definition) is 3. The number of anilines is 3. The van der Waals surface area contributed by atoms with Gasteiger partial charge in [-0.1, -0.05) is 158 Å². The number of hydrogen-bond donors (Lipinski definition) is 0. The lowest BCUT2D eigenvalue weighted by Gasteiger charge is -2.27. The highest BCUT2D eigenvalue weighted by Gasteiger charge is 2.22. The SMILES string of the molecule is c1ccc(-c2cc(-c3ccccc3)cc(N(c3ccc(-c4ccc5oc6ccccc6c5c4)cc3)c3cccc4c3oc3c(-c5ccccc5)cccc34)c2)cc1. The zero-order chi connectivity index (χ0) is 37.7. The van der Waals surface area contributed by atoms with Gasteiger partial charge in [0.15, 0.2) is 5.58 Å². The van der Waals surface area contributed by atoms with Crippen LogP contribution >= 0.6 is 0 Å². The summed E-state index contributed by atoms with van der Waals surface area (Å²) in [4.78, 5) is 2.35. The van der Waals surface area contributed by atoms with Crippen LogP contribution in [0, 0.1) is 0 Å². The van der Waals surface area contributed by atoms with Gasteiger partial charge in [0.1, 0.15) is 16.7 Å². The van der Waals surface area contributed by atoms with Crippen LogP contribution < -0.4 is 4.90 Å². The number of fused-ring (bicyclic) bond motifs is 6. The van der Waals surface area contributed by atoms with Gasteiger partial charge in [0, 0.05) is 38.5 Å². The summed E-state index contributed by atoms with van der Waals surface area (Å²) in [6, 6.07) is 75.1. The Morgan fingerprint density at radius 2 is 0.825 bits per heavy atom. The van der Waals surface area contributed by atoms with Crippen molar-refractivity contribution in [3.05, 3.63) is 212 Å². The van der Waals surface area contributed by atoms with Crippen molar-refractivity contribution in [2.75, 3.05) is 4.90 Å². The standard InChI is InChI=1S/C54H35NO2/c1-4-14-36(15-5-1)41-32-42(37-16-6-2-7-17-37)34-44(33-41)55(43-29-26-38(27-30-43)40-28-31-52-49(35-40)46-20-10-11-25-51(46)56-52)50-24-13-23-48-47-22-12-21-45(53(47)57-54(48)50)39-18-8-3-9-19-39/h1-35H. The maximum absolute atomic E-state index is 7.03. The number of benzene rings is 9. The van der Waals surface area contributed by atoms with Gasteiger partial charge in [0.25, 0.3) is 0 Å². The molecule has 11 rings (SSSR count). The molecule has 0 N–H and O–H groups in total. The second-order valence-electron chi connectivity index (χ2n) is 14.5. The molecule has 57 heavy (non-hydrogen) atoms. The third-order valence-electron chi connectivity index (χ3n) is 11.1. The van der Waals surface area contributed by atoms with Crippen molar-refractivity contribution in [3.8, 4) is 44.5 Å². The molecule has 0 bridgehead atoms. The van der Waals surface area contributed by atoms with Crippen LogP contribution in [0.5, 0.6) is 0 Å². The third-order valence-corrected chi connectivity index (χ3v) is 11.1. The molecule has 0 fully saturated rings. The van der Waals surface area contributed by atoms with Crippen molar-refractivity contribution in [1.29, 1.82) is 0 Å². The highest BCUT2D eigenvalue weighted by molar-refractivity contribution is 6.14. The van der Waals surface area contributed by atoms with Gasteiger partial charge in [-0.25, -0.2) is 0 Å². The van der Waals surface area contributed by atoms with Gasteiger partial charge in [-0.3, -0.25) is 0 Å². The van der Waals surface area contributed by atoms with E-state index >= 15 is 0 Å². The van der Waals surface area contributed by atoms with Gasteiger partial charge in [-0.05, 0) is 93.5 Å². The van der Waals surface area contributed by atoms with Gasteiger partial charge in [-0.2, -0.15) is 0 Å². The van der Waals surface area contributed by atoms with Crippen LogP contribution in [0.25, 0.3) is 88.4 Å². The van der Waals surface area contributed by atoms with Gasteiger partial charge < -0.3 is 13.7 Å². The van der Waals surface area contributed by atoms with Crippen LogP contribution in [0.4, 0.5) is 17.1 Å². The predicted octanol–water partition coefficient (Wildman–Crippen LogP) is 15.6. The lowest BCUT2D eigenvalue weighted by Crippen LogP contribution is -2.10. The molecular weight excluding hydrogens is 695 g/mol. The summed E-state index contributed by atoms with van der Waals surface area (Å²) in [5.74, 6) is 0. The summed E-state index contributed by atoms with van der Waals surface area (Å²) in [7, 11) is 0. The van der Waals surface area contributed by atoms with E-state index < -0.39 is 0 Å². The molecule has 2 heterocycles. The summed E-state index contributed by atoms with van der Waals surface area (Å²) in [6.07, 6.45) is 0. The van der Waals surface area contributed by atoms with E-state index in [0.717, 1.165) is 105 Å². The fraction of sp³-hybridized carbons (Fsp3) is 0. The number of nitrogens with zero attached hydrogens (tertiary/aromatic N) is 1. The zero-order valence-electron chi connectivity index (χ0n) is 31.0. The van der Waals surface area contributed by atoms with E-state index in [9.17, 15) is 0 Å². The first kappa shape index (κ1) is 32.8. The average molecular weight is 730 g/mol. The molecule has 0 spiro atoms. The quantitative estimate of drug-likeness (QED) is 0.164. The predicted molar refractivity (Wildman–Crippen MR) is 237 cm³/mol. The first-order valence-electron chi connectivity index (χ1n) is 19.3. The topological polar surface area (TPSA) is 29.5 Å². The Kier molecular flexibility index (Phi) is 7.82. The van der Waals surface area contributed by atoms with Crippen molar-refractivity contribution >= 4 is 60.9 Å². The molecule has 9 aromatic carbocycles. The smallest absolute Gasteiger partial charge is 0.159 e. The molecule has 0 aliphatic heterocycles. The van der Waals surface area contributed by atoms with Crippen LogP contribution in [-0.2, 0) is 0 Å². The summed E-state index contributed by atoms with van der Waals surface area (Å²) in [6.45, 7) is 0. The first-order chi connectivity index (χ1) is 28.2. The lowest BCUT2D eigenvalue weighted by atomic mass is 9.97. The second kappa shape index (κ2) is 13.6. The molecule has 3 heteroatoms. The fourth-order valence-corrected chi connectivity index (χ4v) is 8.30. The summed E-state index contributed by atoms with van der Waals surface area (Å²) in [5, 5.41) is 4.41. The summed E-state index contributed by atoms with van der Waals surface area (Å²) >= 11 is 0. The van der Waals surface area contributed by atoms with E-state index in [1.165, 1.54) is 0 Å². The Labute approximate surface area is 330 Å². The average Bonchev–Trinajstić information content (AvgIpc) is 3.86. The summed E-state index contributed by atoms with van der Waals surface area (Å²) in [5.41, 5.74) is 15.6. The fourth-order valence-electron chi connectivity index (χ4n) is 8.30. The van der Waals surface area contributed by atoms with Crippen molar-refractivity contribution in [3.63, 3.8) is 0 Å². The lowest BCUT2D eigenvalue weighted by molar-refractivity contribution is 0.669. The molecule has 0 radical (unpaired) electrons. The van der Waals surface area contributed by atoms with E-state index in [0.29, 0.717) is 0 Å². The van der Waals surface area contributed by atoms with Crippen LogP contribution in [0.1, 0.15) is 0 Å². The first-order valence-corrected chi connectivity index (χ1v) is 19.3. The molecule has 0 saturated heterocycles. The maximum Gasteiger partial charge on any atom is 0.159 e. The molecule has 0 unspecified atom stereocenters. The molecule has 0 aliphatic carbocycles. The van der Waals surface area contributed by atoms with E-state index in [-0.39, 0.29) is 0 Å². The maximum atomic E-state index is 7.03. The minimum atomic E-state index is 0.837. The third kappa shape index (κ3) is 5.76. The molecule has 0 atom stereocenters. The van der Waals surface area contributed by atoms with Crippen LogP contribution in [0.15, 0.2) is 221 Å².